The average Bonchev–Trinajstić information content (AvgIpc) is 2.86. The van der Waals surface area contributed by atoms with Crippen molar-refractivity contribution in [2.24, 2.45) is 5.92 Å². The number of nitrogens with one attached hydrogen (secondary N) is 1. The Bertz CT molecular complexity index is 365. The summed E-state index contributed by atoms with van der Waals surface area (Å²) in [5.74, 6) is 1.51. The van der Waals surface area contributed by atoms with Crippen LogP contribution in [-0.2, 0) is 17.9 Å². The molecule has 0 aliphatic heterocycles. The first-order chi connectivity index (χ1) is 9.29. The molecule has 0 amide bonds. The van der Waals surface area contributed by atoms with E-state index in [1.165, 1.54) is 25.7 Å². The monoisotopic (exact) mass is 266 g/mol. The van der Waals surface area contributed by atoms with Crippen molar-refractivity contribution >= 4 is 0 Å². The molecule has 0 spiro atoms. The van der Waals surface area contributed by atoms with Crippen LogP contribution in [-0.4, -0.2) is 17.8 Å². The van der Waals surface area contributed by atoms with E-state index < -0.39 is 0 Å². The molecule has 108 valence electrons. The van der Waals surface area contributed by atoms with Gasteiger partial charge in [-0.3, -0.25) is 0 Å². The predicted molar refractivity (Wildman–Crippen MR) is 74.7 cm³/mol. The van der Waals surface area contributed by atoms with Crippen LogP contribution in [0.15, 0.2) is 10.6 Å². The summed E-state index contributed by atoms with van der Waals surface area (Å²) in [6, 6.07) is 2.00. The van der Waals surface area contributed by atoms with E-state index in [0.717, 1.165) is 31.0 Å². The van der Waals surface area contributed by atoms with E-state index >= 15 is 0 Å². The van der Waals surface area contributed by atoms with Gasteiger partial charge in [0.15, 0.2) is 5.76 Å². The zero-order valence-electron chi connectivity index (χ0n) is 12.2. The van der Waals surface area contributed by atoms with Crippen LogP contribution in [0, 0.1) is 5.92 Å². The van der Waals surface area contributed by atoms with Crippen molar-refractivity contribution in [3.8, 4) is 0 Å². The van der Waals surface area contributed by atoms with Crippen molar-refractivity contribution in [3.63, 3.8) is 0 Å². The molecule has 1 heterocycles. The van der Waals surface area contributed by atoms with Gasteiger partial charge in [-0.05, 0) is 31.7 Å². The summed E-state index contributed by atoms with van der Waals surface area (Å²) in [7, 11) is 0. The highest BCUT2D eigenvalue weighted by Gasteiger charge is 2.22. The van der Waals surface area contributed by atoms with Crippen LogP contribution >= 0.6 is 0 Å². The Balaban J connectivity index is 1.73. The van der Waals surface area contributed by atoms with Crippen LogP contribution in [0.2, 0.25) is 0 Å². The van der Waals surface area contributed by atoms with Crippen LogP contribution < -0.4 is 5.32 Å². The molecule has 2 unspecified atom stereocenters. The minimum absolute atomic E-state index is 0.389. The number of hydrogen-bond acceptors (Lipinski definition) is 4. The molecule has 1 aromatic rings. The van der Waals surface area contributed by atoms with E-state index in [1.807, 2.05) is 6.07 Å². The number of rotatable bonds is 7. The summed E-state index contributed by atoms with van der Waals surface area (Å²) in [5, 5.41) is 7.37. The largest absolute Gasteiger partial charge is 0.370 e. The molecule has 1 aromatic heterocycles. The summed E-state index contributed by atoms with van der Waals surface area (Å²) in [6.45, 7) is 6.77. The molecular formula is C15H26N2O2. The molecule has 1 fully saturated rings. The molecule has 2 rings (SSSR count). The van der Waals surface area contributed by atoms with E-state index in [4.69, 9.17) is 9.26 Å². The molecule has 4 nitrogen and oxygen atoms in total. The summed E-state index contributed by atoms with van der Waals surface area (Å²) in [6.07, 6.45) is 6.62. The van der Waals surface area contributed by atoms with Gasteiger partial charge in [0, 0.05) is 12.6 Å². The maximum Gasteiger partial charge on any atom is 0.162 e. The molecule has 0 aromatic carbocycles. The summed E-state index contributed by atoms with van der Waals surface area (Å²) < 4.78 is 11.3. The van der Waals surface area contributed by atoms with Gasteiger partial charge in [0.25, 0.3) is 0 Å². The van der Waals surface area contributed by atoms with Crippen LogP contribution in [0.3, 0.4) is 0 Å². The minimum atomic E-state index is 0.389. The van der Waals surface area contributed by atoms with Gasteiger partial charge < -0.3 is 14.6 Å². The fourth-order valence-corrected chi connectivity index (χ4v) is 2.62. The first kappa shape index (κ1) is 14.5. The first-order valence-corrected chi connectivity index (χ1v) is 7.56. The van der Waals surface area contributed by atoms with Crippen LogP contribution in [0.5, 0.6) is 0 Å². The smallest absolute Gasteiger partial charge is 0.162 e. The maximum absolute atomic E-state index is 5.97. The number of aromatic nitrogens is 1. The van der Waals surface area contributed by atoms with Crippen LogP contribution in [0.1, 0.15) is 57.4 Å². The van der Waals surface area contributed by atoms with Crippen molar-refractivity contribution in [3.05, 3.63) is 17.5 Å². The second kappa shape index (κ2) is 7.65. The number of ether oxygens (including phenoxy) is 1. The predicted octanol–water partition coefficient (Wildman–Crippen LogP) is 3.27. The molecule has 19 heavy (non-hydrogen) atoms. The summed E-state index contributed by atoms with van der Waals surface area (Å²) in [4.78, 5) is 0. The Morgan fingerprint density at radius 3 is 3.05 bits per heavy atom. The second-order valence-corrected chi connectivity index (χ2v) is 5.57. The average molecular weight is 266 g/mol. The molecule has 4 heteroatoms. The molecule has 2 atom stereocenters. The lowest BCUT2D eigenvalue weighted by atomic mass is 9.88. The van der Waals surface area contributed by atoms with Gasteiger partial charge in [-0.1, -0.05) is 31.8 Å². The zero-order valence-corrected chi connectivity index (χ0v) is 12.2. The molecule has 0 saturated heterocycles. The van der Waals surface area contributed by atoms with Crippen molar-refractivity contribution in [1.29, 1.82) is 0 Å². The third-order valence-electron chi connectivity index (χ3n) is 3.81. The third-order valence-corrected chi connectivity index (χ3v) is 3.81. The fourth-order valence-electron chi connectivity index (χ4n) is 2.62. The van der Waals surface area contributed by atoms with Crippen molar-refractivity contribution in [2.75, 3.05) is 6.54 Å². The Hall–Kier alpha value is -0.870. The molecule has 0 radical (unpaired) electrons. The molecule has 1 saturated carbocycles. The van der Waals surface area contributed by atoms with Gasteiger partial charge in [-0.2, -0.15) is 0 Å². The van der Waals surface area contributed by atoms with Gasteiger partial charge in [-0.25, -0.2) is 0 Å². The van der Waals surface area contributed by atoms with Crippen LogP contribution in [0.4, 0.5) is 0 Å². The SMILES string of the molecule is CCCNCc1cc(COC2CCCCC2C)on1. The Labute approximate surface area is 115 Å². The highest BCUT2D eigenvalue weighted by Crippen LogP contribution is 2.27. The third kappa shape index (κ3) is 4.62. The number of nitrogens with zero attached hydrogens (tertiary/aromatic N) is 1. The number of hydrogen-bond donors (Lipinski definition) is 1. The highest BCUT2D eigenvalue weighted by atomic mass is 16.5. The van der Waals surface area contributed by atoms with Crippen LogP contribution in [0.25, 0.3) is 0 Å². The van der Waals surface area contributed by atoms with Crippen molar-refractivity contribution < 1.29 is 9.26 Å². The Kier molecular flexibility index (Phi) is 5.86. The molecule has 1 N–H and O–H groups in total. The highest BCUT2D eigenvalue weighted by molar-refractivity contribution is 5.04. The lowest BCUT2D eigenvalue weighted by Gasteiger charge is -2.28. The van der Waals surface area contributed by atoms with E-state index in [0.29, 0.717) is 18.6 Å². The summed E-state index contributed by atoms with van der Waals surface area (Å²) in [5.41, 5.74) is 0.962. The van der Waals surface area contributed by atoms with Gasteiger partial charge >= 0.3 is 0 Å². The van der Waals surface area contributed by atoms with E-state index in [2.05, 4.69) is 24.3 Å². The lowest BCUT2D eigenvalue weighted by molar-refractivity contribution is -0.0235. The topological polar surface area (TPSA) is 47.3 Å². The van der Waals surface area contributed by atoms with E-state index in [1.54, 1.807) is 0 Å². The molecule has 0 bridgehead atoms. The van der Waals surface area contributed by atoms with Crippen molar-refractivity contribution in [1.82, 2.24) is 10.5 Å². The standard InChI is InChI=1S/C15H26N2O2/c1-3-8-16-10-13-9-14(19-17-13)11-18-15-7-5-4-6-12(15)2/h9,12,15-16H,3-8,10-11H2,1-2H3. The Morgan fingerprint density at radius 1 is 1.42 bits per heavy atom. The molecule has 1 aliphatic rings. The second-order valence-electron chi connectivity index (χ2n) is 5.57. The summed E-state index contributed by atoms with van der Waals surface area (Å²) >= 11 is 0. The minimum Gasteiger partial charge on any atom is -0.370 e. The van der Waals surface area contributed by atoms with Gasteiger partial charge in [0.1, 0.15) is 6.61 Å². The van der Waals surface area contributed by atoms with Gasteiger partial charge in [0.05, 0.1) is 11.8 Å². The Morgan fingerprint density at radius 2 is 2.26 bits per heavy atom. The van der Waals surface area contributed by atoms with Crippen molar-refractivity contribution in [2.45, 2.75) is 65.2 Å². The van der Waals surface area contributed by atoms with E-state index in [9.17, 15) is 0 Å². The van der Waals surface area contributed by atoms with Gasteiger partial charge in [-0.15, -0.1) is 0 Å². The zero-order chi connectivity index (χ0) is 13.5. The molecular weight excluding hydrogens is 240 g/mol. The van der Waals surface area contributed by atoms with E-state index in [-0.39, 0.29) is 0 Å². The van der Waals surface area contributed by atoms with Gasteiger partial charge in [0.2, 0.25) is 0 Å². The first-order valence-electron chi connectivity index (χ1n) is 7.56. The quantitative estimate of drug-likeness (QED) is 0.769. The lowest BCUT2D eigenvalue weighted by Crippen LogP contribution is -2.25. The molecule has 1 aliphatic carbocycles. The normalized spacial score (nSPS) is 23.7. The maximum atomic E-state index is 5.97. The fraction of sp³-hybridized carbons (Fsp3) is 0.800.